The molecule has 1 atom stereocenters. The summed E-state index contributed by atoms with van der Waals surface area (Å²) in [4.78, 5) is 2.29. The molecule has 0 aliphatic heterocycles. The average molecular weight is 272 g/mol. The molecule has 1 aliphatic carbocycles. The number of aryl methyl sites for hydroxylation is 2. The van der Waals surface area contributed by atoms with E-state index in [1.807, 2.05) is 13.0 Å². The molecule has 1 aliphatic rings. The van der Waals surface area contributed by atoms with Crippen molar-refractivity contribution in [2.45, 2.75) is 32.4 Å². The highest BCUT2D eigenvalue weighted by Crippen LogP contribution is 2.36. The van der Waals surface area contributed by atoms with Gasteiger partial charge in [0, 0.05) is 25.2 Å². The highest BCUT2D eigenvalue weighted by molar-refractivity contribution is 5.34. The Morgan fingerprint density at radius 3 is 3.00 bits per heavy atom. The van der Waals surface area contributed by atoms with Crippen LogP contribution in [0.3, 0.4) is 0 Å². The molecule has 4 heteroatoms. The van der Waals surface area contributed by atoms with Crippen molar-refractivity contribution in [2.75, 3.05) is 13.2 Å². The minimum Gasteiger partial charge on any atom is -0.395 e. The fourth-order valence-electron chi connectivity index (χ4n) is 3.09. The van der Waals surface area contributed by atoms with Gasteiger partial charge in [-0.25, -0.2) is 0 Å². The number of benzene rings is 1. The van der Waals surface area contributed by atoms with Gasteiger partial charge in [0.05, 0.1) is 12.3 Å². The van der Waals surface area contributed by atoms with Gasteiger partial charge in [-0.15, -0.1) is 0 Å². The highest BCUT2D eigenvalue weighted by atomic mass is 16.5. The van der Waals surface area contributed by atoms with Crippen LogP contribution in [0.5, 0.6) is 0 Å². The molecule has 1 N–H and O–H groups in total. The van der Waals surface area contributed by atoms with Crippen LogP contribution in [0.4, 0.5) is 0 Å². The van der Waals surface area contributed by atoms with Crippen LogP contribution in [0.1, 0.15) is 35.0 Å². The van der Waals surface area contributed by atoms with Gasteiger partial charge in [-0.05, 0) is 30.9 Å². The van der Waals surface area contributed by atoms with E-state index in [2.05, 4.69) is 34.3 Å². The van der Waals surface area contributed by atoms with Gasteiger partial charge < -0.3 is 9.63 Å². The van der Waals surface area contributed by atoms with E-state index in [0.717, 1.165) is 30.8 Å². The van der Waals surface area contributed by atoms with Crippen molar-refractivity contribution in [3.63, 3.8) is 0 Å². The van der Waals surface area contributed by atoms with E-state index < -0.39 is 0 Å². The zero-order valence-corrected chi connectivity index (χ0v) is 11.7. The molecule has 1 aromatic carbocycles. The monoisotopic (exact) mass is 272 g/mol. The minimum atomic E-state index is 0.162. The number of hydrogen-bond donors (Lipinski definition) is 1. The van der Waals surface area contributed by atoms with Crippen LogP contribution in [-0.4, -0.2) is 28.3 Å². The Morgan fingerprint density at radius 1 is 1.40 bits per heavy atom. The Balaban J connectivity index is 1.81. The van der Waals surface area contributed by atoms with Gasteiger partial charge in [-0.1, -0.05) is 29.4 Å². The van der Waals surface area contributed by atoms with E-state index in [1.165, 1.54) is 11.1 Å². The van der Waals surface area contributed by atoms with E-state index in [4.69, 9.17) is 4.52 Å². The molecule has 106 valence electrons. The van der Waals surface area contributed by atoms with Crippen molar-refractivity contribution in [1.29, 1.82) is 0 Å². The van der Waals surface area contributed by atoms with Crippen LogP contribution in [0.25, 0.3) is 0 Å². The van der Waals surface area contributed by atoms with E-state index in [0.29, 0.717) is 12.6 Å². The first-order chi connectivity index (χ1) is 9.78. The first-order valence-electron chi connectivity index (χ1n) is 7.13. The molecule has 2 aromatic rings. The molecule has 3 rings (SSSR count). The number of aromatic nitrogens is 1. The van der Waals surface area contributed by atoms with Crippen molar-refractivity contribution in [3.8, 4) is 0 Å². The van der Waals surface area contributed by atoms with Gasteiger partial charge in [0.2, 0.25) is 0 Å². The molecule has 0 saturated heterocycles. The first kappa shape index (κ1) is 13.3. The van der Waals surface area contributed by atoms with Crippen LogP contribution in [0.2, 0.25) is 0 Å². The summed E-state index contributed by atoms with van der Waals surface area (Å²) >= 11 is 0. The van der Waals surface area contributed by atoms with Crippen molar-refractivity contribution < 1.29 is 9.63 Å². The molecule has 0 radical (unpaired) electrons. The Morgan fingerprint density at radius 2 is 2.25 bits per heavy atom. The molecule has 0 bridgehead atoms. The first-order valence-corrected chi connectivity index (χ1v) is 7.13. The number of nitrogens with zero attached hydrogens (tertiary/aromatic N) is 2. The van der Waals surface area contributed by atoms with Crippen molar-refractivity contribution in [1.82, 2.24) is 10.1 Å². The van der Waals surface area contributed by atoms with Gasteiger partial charge in [-0.2, -0.15) is 0 Å². The number of rotatable bonds is 5. The average Bonchev–Trinajstić information content (AvgIpc) is 3.04. The minimum absolute atomic E-state index is 0.162. The zero-order chi connectivity index (χ0) is 13.9. The van der Waals surface area contributed by atoms with Crippen LogP contribution < -0.4 is 0 Å². The second kappa shape index (κ2) is 5.77. The summed E-state index contributed by atoms with van der Waals surface area (Å²) < 4.78 is 5.14. The summed E-state index contributed by atoms with van der Waals surface area (Å²) in [5.74, 6) is 0.829. The maximum absolute atomic E-state index is 9.34. The number of fused-ring (bicyclic) bond motifs is 1. The quantitative estimate of drug-likeness (QED) is 0.908. The number of hydrogen-bond acceptors (Lipinski definition) is 4. The summed E-state index contributed by atoms with van der Waals surface area (Å²) in [7, 11) is 0. The summed E-state index contributed by atoms with van der Waals surface area (Å²) in [5.41, 5.74) is 3.75. The normalized spacial score (nSPS) is 17.6. The second-order valence-electron chi connectivity index (χ2n) is 5.38. The Kier molecular flexibility index (Phi) is 3.85. The fourth-order valence-corrected chi connectivity index (χ4v) is 3.09. The molecule has 1 aromatic heterocycles. The number of aliphatic hydroxyl groups excluding tert-OH is 1. The standard InChI is InChI=1S/C16H20N2O2/c1-12-10-14(17-20-12)11-18(8-9-19)16-7-6-13-4-2-3-5-15(13)16/h2-5,10,16,19H,6-9,11H2,1H3. The van der Waals surface area contributed by atoms with E-state index >= 15 is 0 Å². The zero-order valence-electron chi connectivity index (χ0n) is 11.7. The third kappa shape index (κ3) is 2.62. The molecule has 0 spiro atoms. The maximum atomic E-state index is 9.34. The Bertz CT molecular complexity index is 579. The SMILES string of the molecule is Cc1cc(CN(CCO)C2CCc3ccccc32)no1. The van der Waals surface area contributed by atoms with Crippen LogP contribution >= 0.6 is 0 Å². The van der Waals surface area contributed by atoms with Gasteiger partial charge in [0.15, 0.2) is 0 Å². The van der Waals surface area contributed by atoms with Crippen LogP contribution in [-0.2, 0) is 13.0 Å². The molecule has 20 heavy (non-hydrogen) atoms. The Hall–Kier alpha value is -1.65. The summed E-state index contributed by atoms with van der Waals surface area (Å²) in [6.45, 7) is 3.44. The van der Waals surface area contributed by atoms with Gasteiger partial charge in [-0.3, -0.25) is 4.90 Å². The lowest BCUT2D eigenvalue weighted by atomic mass is 10.1. The maximum Gasteiger partial charge on any atom is 0.133 e. The van der Waals surface area contributed by atoms with Crippen molar-refractivity contribution >= 4 is 0 Å². The second-order valence-corrected chi connectivity index (χ2v) is 5.38. The molecular formula is C16H20N2O2. The molecule has 1 unspecified atom stereocenters. The predicted octanol–water partition coefficient (Wildman–Crippen LogP) is 2.46. The van der Waals surface area contributed by atoms with Crippen molar-refractivity contribution in [2.24, 2.45) is 0 Å². The van der Waals surface area contributed by atoms with E-state index in [9.17, 15) is 5.11 Å². The van der Waals surface area contributed by atoms with Crippen LogP contribution in [0.15, 0.2) is 34.9 Å². The fraction of sp³-hybridized carbons (Fsp3) is 0.438. The van der Waals surface area contributed by atoms with E-state index in [1.54, 1.807) is 0 Å². The molecule has 4 nitrogen and oxygen atoms in total. The Labute approximate surface area is 119 Å². The lowest BCUT2D eigenvalue weighted by Gasteiger charge is -2.28. The lowest BCUT2D eigenvalue weighted by molar-refractivity contribution is 0.139. The largest absolute Gasteiger partial charge is 0.395 e. The molecule has 0 fully saturated rings. The molecule has 0 amide bonds. The van der Waals surface area contributed by atoms with Crippen molar-refractivity contribution in [3.05, 3.63) is 52.9 Å². The number of aliphatic hydroxyl groups is 1. The third-order valence-electron chi connectivity index (χ3n) is 3.97. The highest BCUT2D eigenvalue weighted by Gasteiger charge is 2.27. The lowest BCUT2D eigenvalue weighted by Crippen LogP contribution is -2.30. The molecule has 1 heterocycles. The van der Waals surface area contributed by atoms with Gasteiger partial charge in [0.25, 0.3) is 0 Å². The molecular weight excluding hydrogens is 252 g/mol. The predicted molar refractivity (Wildman–Crippen MR) is 76.2 cm³/mol. The van der Waals surface area contributed by atoms with Crippen LogP contribution in [0, 0.1) is 6.92 Å². The van der Waals surface area contributed by atoms with Gasteiger partial charge in [0.1, 0.15) is 5.76 Å². The van der Waals surface area contributed by atoms with E-state index in [-0.39, 0.29) is 6.61 Å². The summed E-state index contributed by atoms with van der Waals surface area (Å²) in [5, 5.41) is 13.4. The summed E-state index contributed by atoms with van der Waals surface area (Å²) in [6.07, 6.45) is 2.22. The van der Waals surface area contributed by atoms with Gasteiger partial charge >= 0.3 is 0 Å². The third-order valence-corrected chi connectivity index (χ3v) is 3.97. The topological polar surface area (TPSA) is 49.5 Å². The molecule has 0 saturated carbocycles. The smallest absolute Gasteiger partial charge is 0.133 e. The summed E-state index contributed by atoms with van der Waals surface area (Å²) in [6, 6.07) is 10.9.